The normalized spacial score (nSPS) is 10.9. The number of nitro benzene ring substituents is 1. The first-order valence-corrected chi connectivity index (χ1v) is 8.76. The molecule has 4 aromatic rings. The minimum Gasteiger partial charge on any atom is -0.494 e. The first-order valence-electron chi connectivity index (χ1n) is 8.76. The second-order valence-electron chi connectivity index (χ2n) is 6.33. The number of nitro groups is 1. The van der Waals surface area contributed by atoms with Crippen molar-refractivity contribution in [3.05, 3.63) is 56.5 Å². The third-order valence-corrected chi connectivity index (χ3v) is 4.53. The number of hydrogen-bond acceptors (Lipinski definition) is 9. The molecule has 2 aromatic heterocycles. The Labute approximate surface area is 168 Å². The van der Waals surface area contributed by atoms with Crippen molar-refractivity contribution in [3.63, 3.8) is 0 Å². The van der Waals surface area contributed by atoms with Crippen LogP contribution in [0, 0.1) is 17.0 Å². The first-order chi connectivity index (χ1) is 14.4. The van der Waals surface area contributed by atoms with Crippen molar-refractivity contribution < 1.29 is 14.4 Å². The highest BCUT2D eigenvalue weighted by Crippen LogP contribution is 2.33. The van der Waals surface area contributed by atoms with Crippen LogP contribution in [-0.4, -0.2) is 39.1 Å². The fourth-order valence-corrected chi connectivity index (χ4v) is 3.13. The second-order valence-corrected chi connectivity index (χ2v) is 6.33. The maximum atomic E-state index is 12.4. The molecule has 4 rings (SSSR count). The quantitative estimate of drug-likeness (QED) is 0.376. The Morgan fingerprint density at radius 2 is 1.83 bits per heavy atom. The topological polar surface area (TPSA) is 145 Å². The van der Waals surface area contributed by atoms with E-state index in [9.17, 15) is 14.9 Å². The van der Waals surface area contributed by atoms with E-state index in [4.69, 9.17) is 9.47 Å². The second kappa shape index (κ2) is 7.28. The third-order valence-electron chi connectivity index (χ3n) is 4.53. The van der Waals surface area contributed by atoms with Gasteiger partial charge >= 0.3 is 5.69 Å². The van der Waals surface area contributed by atoms with E-state index >= 15 is 0 Å². The number of aryl methyl sites for hydroxylation is 1. The number of H-pyrrole nitrogens is 1. The van der Waals surface area contributed by atoms with Gasteiger partial charge in [-0.2, -0.15) is 0 Å². The number of para-hydroxylation sites is 1. The molecule has 0 aliphatic carbocycles. The van der Waals surface area contributed by atoms with E-state index in [2.05, 4.69) is 25.3 Å². The van der Waals surface area contributed by atoms with Crippen LogP contribution >= 0.6 is 0 Å². The molecule has 0 radical (unpaired) electrons. The predicted octanol–water partition coefficient (Wildman–Crippen LogP) is 2.84. The van der Waals surface area contributed by atoms with Gasteiger partial charge in [-0.15, -0.1) is 0 Å². The van der Waals surface area contributed by atoms with E-state index in [-0.39, 0.29) is 28.9 Å². The number of nitrogens with zero attached hydrogens (tertiary/aromatic N) is 4. The van der Waals surface area contributed by atoms with Crippen molar-refractivity contribution in [1.29, 1.82) is 0 Å². The van der Waals surface area contributed by atoms with Crippen molar-refractivity contribution in [3.8, 4) is 11.5 Å². The maximum Gasteiger partial charge on any atom is 0.313 e. The van der Waals surface area contributed by atoms with E-state index in [1.54, 1.807) is 25.1 Å². The molecule has 0 atom stereocenters. The predicted molar refractivity (Wildman–Crippen MR) is 110 cm³/mol. The summed E-state index contributed by atoms with van der Waals surface area (Å²) in [5, 5.41) is 15.1. The molecule has 0 unspecified atom stereocenters. The monoisotopic (exact) mass is 408 g/mol. The number of methoxy groups -OCH3 is 2. The average Bonchev–Trinajstić information content (AvgIpc) is 2.72. The average molecular weight is 408 g/mol. The molecule has 0 spiro atoms. The first kappa shape index (κ1) is 19.1. The number of rotatable bonds is 5. The lowest BCUT2D eigenvalue weighted by atomic mass is 10.1. The summed E-state index contributed by atoms with van der Waals surface area (Å²) in [7, 11) is 2.85. The van der Waals surface area contributed by atoms with Gasteiger partial charge in [0.25, 0.3) is 5.56 Å². The zero-order valence-corrected chi connectivity index (χ0v) is 16.2. The molecule has 0 saturated carbocycles. The fourth-order valence-electron chi connectivity index (χ4n) is 3.13. The number of aromatic amines is 1. The van der Waals surface area contributed by atoms with Gasteiger partial charge in [0.1, 0.15) is 11.3 Å². The molecular weight excluding hydrogens is 392 g/mol. The van der Waals surface area contributed by atoms with Gasteiger partial charge in [-0.1, -0.05) is 6.07 Å². The van der Waals surface area contributed by atoms with Crippen molar-refractivity contribution >= 4 is 39.4 Å². The van der Waals surface area contributed by atoms with Crippen molar-refractivity contribution in [1.82, 2.24) is 19.9 Å². The lowest BCUT2D eigenvalue weighted by molar-refractivity contribution is -0.385. The van der Waals surface area contributed by atoms with Crippen molar-refractivity contribution in [2.75, 3.05) is 19.5 Å². The van der Waals surface area contributed by atoms with Crippen LogP contribution in [0.1, 0.15) is 5.69 Å². The van der Waals surface area contributed by atoms with E-state index in [0.29, 0.717) is 33.2 Å². The van der Waals surface area contributed by atoms with E-state index < -0.39 is 4.92 Å². The highest BCUT2D eigenvalue weighted by atomic mass is 16.6. The van der Waals surface area contributed by atoms with Crippen molar-refractivity contribution in [2.24, 2.45) is 0 Å². The smallest absolute Gasteiger partial charge is 0.313 e. The molecule has 0 aliphatic heterocycles. The minimum atomic E-state index is -0.544. The fraction of sp³-hybridized carbons (Fsp3) is 0.158. The zero-order valence-electron chi connectivity index (χ0n) is 16.2. The van der Waals surface area contributed by atoms with Gasteiger partial charge in [0.15, 0.2) is 5.75 Å². The highest BCUT2D eigenvalue weighted by Gasteiger charge is 2.19. The number of aromatic nitrogens is 4. The number of nitrogens with one attached hydrogen (secondary N) is 2. The molecule has 152 valence electrons. The molecule has 2 aromatic carbocycles. The summed E-state index contributed by atoms with van der Waals surface area (Å²) in [6.45, 7) is 1.74. The van der Waals surface area contributed by atoms with Crippen LogP contribution in [0.3, 0.4) is 0 Å². The molecule has 0 saturated heterocycles. The van der Waals surface area contributed by atoms with Gasteiger partial charge in [-0.05, 0) is 25.1 Å². The summed E-state index contributed by atoms with van der Waals surface area (Å²) in [5.74, 6) is 0.795. The van der Waals surface area contributed by atoms with Gasteiger partial charge in [-0.3, -0.25) is 25.2 Å². The van der Waals surface area contributed by atoms with Crippen molar-refractivity contribution in [2.45, 2.75) is 6.92 Å². The Balaban J connectivity index is 1.82. The van der Waals surface area contributed by atoms with Crippen LogP contribution in [0.5, 0.6) is 11.5 Å². The molecule has 30 heavy (non-hydrogen) atoms. The Morgan fingerprint density at radius 1 is 1.07 bits per heavy atom. The number of hydrogen-bond donors (Lipinski definition) is 2. The Hall–Kier alpha value is -4.28. The van der Waals surface area contributed by atoms with Gasteiger partial charge in [0.2, 0.25) is 11.9 Å². The number of fused-ring (bicyclic) bond motifs is 2. The molecule has 0 aliphatic rings. The standard InChI is InChI=1S/C19H16N6O5/c1-9-11-7-15(30-3)13(25(27)28)8-12(11)21-18(20-9)24-19-22-16-10(17(26)23-19)5-4-6-14(16)29-2/h4-8H,1-3H3,(H2,20,21,22,23,24,26). The van der Waals surface area contributed by atoms with E-state index in [1.165, 1.54) is 26.4 Å². The van der Waals surface area contributed by atoms with Crippen LogP contribution < -0.4 is 20.3 Å². The van der Waals surface area contributed by atoms with Gasteiger partial charge in [0, 0.05) is 11.5 Å². The van der Waals surface area contributed by atoms with Crippen LogP contribution in [0.15, 0.2) is 35.1 Å². The lowest BCUT2D eigenvalue weighted by Gasteiger charge is -2.10. The summed E-state index contributed by atoms with van der Waals surface area (Å²) >= 11 is 0. The van der Waals surface area contributed by atoms with Gasteiger partial charge < -0.3 is 9.47 Å². The molecule has 11 heteroatoms. The summed E-state index contributed by atoms with van der Waals surface area (Å²) in [6, 6.07) is 7.86. The molecule has 11 nitrogen and oxygen atoms in total. The molecule has 0 bridgehead atoms. The Kier molecular flexibility index (Phi) is 4.62. The summed E-state index contributed by atoms with van der Waals surface area (Å²) < 4.78 is 10.4. The van der Waals surface area contributed by atoms with Crippen LogP contribution in [0.25, 0.3) is 21.8 Å². The van der Waals surface area contributed by atoms with E-state index in [0.717, 1.165) is 0 Å². The molecule has 2 heterocycles. The lowest BCUT2D eigenvalue weighted by Crippen LogP contribution is -2.13. The maximum absolute atomic E-state index is 12.4. The summed E-state index contributed by atoms with van der Waals surface area (Å²) in [6.07, 6.45) is 0. The van der Waals surface area contributed by atoms with E-state index in [1.807, 2.05) is 0 Å². The molecule has 0 amide bonds. The van der Waals surface area contributed by atoms with Crippen LogP contribution in [0.4, 0.5) is 17.6 Å². The third kappa shape index (κ3) is 3.21. The number of benzene rings is 2. The van der Waals surface area contributed by atoms with Crippen LogP contribution in [0.2, 0.25) is 0 Å². The largest absolute Gasteiger partial charge is 0.494 e. The van der Waals surface area contributed by atoms with Gasteiger partial charge in [-0.25, -0.2) is 15.0 Å². The SMILES string of the molecule is COc1cc2c(C)nc(Nc3nc4c(OC)cccc4c(=O)[nH]3)nc2cc1[N+](=O)[O-]. The highest BCUT2D eigenvalue weighted by molar-refractivity contribution is 5.87. The molecular formula is C19H16N6O5. The number of anilines is 2. The molecule has 2 N–H and O–H groups in total. The van der Waals surface area contributed by atoms with Gasteiger partial charge in [0.05, 0.1) is 35.7 Å². The Morgan fingerprint density at radius 3 is 2.53 bits per heavy atom. The summed E-state index contributed by atoms with van der Waals surface area (Å²) in [4.78, 5) is 38.9. The zero-order chi connectivity index (χ0) is 21.4. The van der Waals surface area contributed by atoms with Crippen LogP contribution in [-0.2, 0) is 0 Å². The molecule has 0 fully saturated rings. The number of ether oxygens (including phenoxy) is 2. The Bertz CT molecular complexity index is 1370. The summed E-state index contributed by atoms with van der Waals surface area (Å²) in [5.41, 5.74) is 0.717. The minimum absolute atomic E-state index is 0.110.